The van der Waals surface area contributed by atoms with Gasteiger partial charge >= 0.3 is 0 Å². The Morgan fingerprint density at radius 1 is 1.39 bits per heavy atom. The normalized spacial score (nSPS) is 11.0. The van der Waals surface area contributed by atoms with Crippen molar-refractivity contribution < 1.29 is 14.1 Å². The summed E-state index contributed by atoms with van der Waals surface area (Å²) < 4.78 is 10.7. The summed E-state index contributed by atoms with van der Waals surface area (Å²) in [6.07, 6.45) is 0.111. The summed E-state index contributed by atoms with van der Waals surface area (Å²) >= 11 is 0. The number of carbonyl (C=O) groups excluding carboxylic acids is 1. The molecule has 1 heterocycles. The summed E-state index contributed by atoms with van der Waals surface area (Å²) in [4.78, 5) is 13.9. The summed E-state index contributed by atoms with van der Waals surface area (Å²) in [6.45, 7) is 6.64. The molecule has 2 rings (SSSR count). The van der Waals surface area contributed by atoms with Crippen LogP contribution in [-0.4, -0.2) is 35.7 Å². The number of aryl methyl sites for hydroxylation is 1. The zero-order chi connectivity index (χ0) is 16.8. The van der Waals surface area contributed by atoms with Crippen LogP contribution >= 0.6 is 0 Å². The van der Waals surface area contributed by atoms with Crippen LogP contribution in [0.1, 0.15) is 25.2 Å². The maximum absolute atomic E-state index is 12.0. The van der Waals surface area contributed by atoms with E-state index in [2.05, 4.69) is 10.5 Å². The van der Waals surface area contributed by atoms with Crippen LogP contribution in [0.3, 0.4) is 0 Å². The van der Waals surface area contributed by atoms with Crippen LogP contribution in [0.25, 0.3) is 0 Å². The second-order valence-electron chi connectivity index (χ2n) is 5.82. The number of amides is 1. The van der Waals surface area contributed by atoms with Gasteiger partial charge in [0.05, 0.1) is 12.6 Å². The topological polar surface area (TPSA) is 67.6 Å². The van der Waals surface area contributed by atoms with Crippen molar-refractivity contribution in [3.63, 3.8) is 0 Å². The van der Waals surface area contributed by atoms with E-state index in [0.717, 1.165) is 11.3 Å². The molecule has 6 nitrogen and oxygen atoms in total. The third-order valence-corrected chi connectivity index (χ3v) is 3.08. The molecule has 0 spiro atoms. The van der Waals surface area contributed by atoms with Gasteiger partial charge in [0.1, 0.15) is 11.5 Å². The van der Waals surface area contributed by atoms with E-state index in [1.165, 1.54) is 0 Å². The average molecular weight is 317 g/mol. The summed E-state index contributed by atoms with van der Waals surface area (Å²) in [5, 5.41) is 6.46. The maximum Gasteiger partial charge on any atom is 0.239 e. The monoisotopic (exact) mass is 317 g/mol. The van der Waals surface area contributed by atoms with Crippen LogP contribution in [0.2, 0.25) is 0 Å². The van der Waals surface area contributed by atoms with E-state index < -0.39 is 0 Å². The second-order valence-corrected chi connectivity index (χ2v) is 5.82. The van der Waals surface area contributed by atoms with E-state index in [0.29, 0.717) is 18.1 Å². The molecule has 0 saturated heterocycles. The lowest BCUT2D eigenvalue weighted by Gasteiger charge is -2.19. The minimum Gasteiger partial charge on any atom is -0.491 e. The van der Waals surface area contributed by atoms with Gasteiger partial charge in [-0.3, -0.25) is 9.69 Å². The van der Waals surface area contributed by atoms with E-state index >= 15 is 0 Å². The highest BCUT2D eigenvalue weighted by atomic mass is 16.5. The number of hydrogen-bond acceptors (Lipinski definition) is 5. The van der Waals surface area contributed by atoms with Crippen molar-refractivity contribution >= 4 is 11.7 Å². The Balaban J connectivity index is 1.91. The number of nitrogens with zero attached hydrogens (tertiary/aromatic N) is 2. The van der Waals surface area contributed by atoms with Crippen molar-refractivity contribution in [2.24, 2.45) is 0 Å². The van der Waals surface area contributed by atoms with Crippen molar-refractivity contribution in [1.82, 2.24) is 10.1 Å². The number of rotatable bonds is 7. The highest BCUT2D eigenvalue weighted by Gasteiger charge is 2.12. The first-order valence-electron chi connectivity index (χ1n) is 7.60. The molecule has 1 amide bonds. The molecule has 124 valence electrons. The first-order chi connectivity index (χ1) is 10.9. The minimum atomic E-state index is -0.136. The quantitative estimate of drug-likeness (QED) is 0.850. The summed E-state index contributed by atoms with van der Waals surface area (Å²) in [5.41, 5.74) is 1.05. The van der Waals surface area contributed by atoms with E-state index in [-0.39, 0.29) is 18.6 Å². The van der Waals surface area contributed by atoms with Crippen LogP contribution in [-0.2, 0) is 11.3 Å². The average Bonchev–Trinajstić information content (AvgIpc) is 2.85. The molecule has 1 aromatic carbocycles. The number of ether oxygens (including phenoxy) is 1. The number of anilines is 1. The largest absolute Gasteiger partial charge is 0.491 e. The molecule has 0 aliphatic carbocycles. The third-order valence-electron chi connectivity index (χ3n) is 3.08. The Labute approximate surface area is 136 Å². The standard InChI is InChI=1S/C17H23N3O3/c1-12(2)22-15-8-6-5-7-14(15)10-20(4)11-17(21)18-16-9-13(3)23-19-16/h5-9,12H,10-11H2,1-4H3,(H,18,19,21). The molecule has 0 radical (unpaired) electrons. The molecule has 1 aromatic heterocycles. The Hall–Kier alpha value is -2.34. The lowest BCUT2D eigenvalue weighted by atomic mass is 10.2. The fourth-order valence-electron chi connectivity index (χ4n) is 2.20. The van der Waals surface area contributed by atoms with Gasteiger partial charge in [0.25, 0.3) is 0 Å². The SMILES string of the molecule is Cc1cc(NC(=O)CN(C)Cc2ccccc2OC(C)C)no1. The molecule has 6 heteroatoms. The molecule has 2 aromatic rings. The maximum atomic E-state index is 12.0. The van der Waals surface area contributed by atoms with Gasteiger partial charge < -0.3 is 14.6 Å². The van der Waals surface area contributed by atoms with E-state index in [1.54, 1.807) is 13.0 Å². The molecule has 0 aliphatic rings. The Morgan fingerprint density at radius 3 is 2.78 bits per heavy atom. The van der Waals surface area contributed by atoms with E-state index in [9.17, 15) is 4.79 Å². The van der Waals surface area contributed by atoms with Crippen molar-refractivity contribution in [1.29, 1.82) is 0 Å². The van der Waals surface area contributed by atoms with Crippen molar-refractivity contribution in [3.8, 4) is 5.75 Å². The number of hydrogen-bond donors (Lipinski definition) is 1. The molecule has 0 atom stereocenters. The lowest BCUT2D eigenvalue weighted by Crippen LogP contribution is -2.30. The number of para-hydroxylation sites is 1. The van der Waals surface area contributed by atoms with Crippen molar-refractivity contribution in [2.75, 3.05) is 18.9 Å². The van der Waals surface area contributed by atoms with Crippen molar-refractivity contribution in [2.45, 2.75) is 33.4 Å². The van der Waals surface area contributed by atoms with Gasteiger partial charge in [-0.25, -0.2) is 0 Å². The van der Waals surface area contributed by atoms with Crippen LogP contribution in [0, 0.1) is 6.92 Å². The fraction of sp³-hybridized carbons (Fsp3) is 0.412. The number of likely N-dealkylation sites (N-methyl/N-ethyl adjacent to an activating group) is 1. The molecule has 23 heavy (non-hydrogen) atoms. The van der Waals surface area contributed by atoms with Gasteiger partial charge in [0.2, 0.25) is 5.91 Å². The Morgan fingerprint density at radius 2 is 2.13 bits per heavy atom. The van der Waals surface area contributed by atoms with Gasteiger partial charge in [-0.15, -0.1) is 0 Å². The highest BCUT2D eigenvalue weighted by Crippen LogP contribution is 2.20. The first-order valence-corrected chi connectivity index (χ1v) is 7.60. The number of aromatic nitrogens is 1. The predicted molar refractivity (Wildman–Crippen MR) is 88.4 cm³/mol. The molecule has 0 bridgehead atoms. The number of nitrogens with one attached hydrogen (secondary N) is 1. The van der Waals surface area contributed by atoms with Crippen LogP contribution < -0.4 is 10.1 Å². The summed E-state index contributed by atoms with van der Waals surface area (Å²) in [6, 6.07) is 9.55. The van der Waals surface area contributed by atoms with Gasteiger partial charge in [-0.2, -0.15) is 0 Å². The molecule has 0 fully saturated rings. The summed E-state index contributed by atoms with van der Waals surface area (Å²) in [7, 11) is 1.89. The lowest BCUT2D eigenvalue weighted by molar-refractivity contribution is -0.117. The van der Waals surface area contributed by atoms with Crippen molar-refractivity contribution in [3.05, 3.63) is 41.7 Å². The summed E-state index contributed by atoms with van der Waals surface area (Å²) in [5.74, 6) is 1.81. The molecule has 0 aliphatic heterocycles. The second kappa shape index (κ2) is 7.78. The van der Waals surface area contributed by atoms with Gasteiger partial charge in [0.15, 0.2) is 5.82 Å². The molecular weight excluding hydrogens is 294 g/mol. The predicted octanol–water partition coefficient (Wildman–Crippen LogP) is 2.84. The fourth-order valence-corrected chi connectivity index (χ4v) is 2.20. The highest BCUT2D eigenvalue weighted by molar-refractivity contribution is 5.91. The number of benzene rings is 1. The zero-order valence-corrected chi connectivity index (χ0v) is 14.0. The van der Waals surface area contributed by atoms with Crippen LogP contribution in [0.5, 0.6) is 5.75 Å². The smallest absolute Gasteiger partial charge is 0.239 e. The first kappa shape index (κ1) is 17.0. The molecule has 1 N–H and O–H groups in total. The van der Waals surface area contributed by atoms with Crippen LogP contribution in [0.4, 0.5) is 5.82 Å². The number of carbonyl (C=O) groups is 1. The van der Waals surface area contributed by atoms with Crippen LogP contribution in [0.15, 0.2) is 34.9 Å². The minimum absolute atomic E-state index is 0.111. The zero-order valence-electron chi connectivity index (χ0n) is 14.0. The third kappa shape index (κ3) is 5.41. The Bertz CT molecular complexity index is 652. The van der Waals surface area contributed by atoms with Gasteiger partial charge in [0, 0.05) is 18.2 Å². The van der Waals surface area contributed by atoms with Gasteiger partial charge in [-0.1, -0.05) is 23.4 Å². The van der Waals surface area contributed by atoms with Gasteiger partial charge in [-0.05, 0) is 33.9 Å². The molecule has 0 saturated carbocycles. The molecule has 0 unspecified atom stereocenters. The van der Waals surface area contributed by atoms with E-state index in [1.807, 2.05) is 50.1 Å². The Kier molecular flexibility index (Phi) is 5.76. The van der Waals surface area contributed by atoms with E-state index in [4.69, 9.17) is 9.26 Å². The molecular formula is C17H23N3O3.